The Balaban J connectivity index is 1.93. The van der Waals surface area contributed by atoms with Gasteiger partial charge in [0.15, 0.2) is 0 Å². The summed E-state index contributed by atoms with van der Waals surface area (Å²) in [5, 5.41) is 5.66. The second-order valence-corrected chi connectivity index (χ2v) is 8.89. The van der Waals surface area contributed by atoms with Gasteiger partial charge in [-0.2, -0.15) is 0 Å². The molecule has 23 heavy (non-hydrogen) atoms. The maximum Gasteiger partial charge on any atom is 0.410 e. The van der Waals surface area contributed by atoms with E-state index in [-0.39, 0.29) is 18.2 Å². The van der Waals surface area contributed by atoms with E-state index in [1.807, 2.05) is 25.7 Å². The molecule has 4 nitrogen and oxygen atoms in total. The zero-order valence-electron chi connectivity index (χ0n) is 14.4. The summed E-state index contributed by atoms with van der Waals surface area (Å²) < 4.78 is 6.71. The molecule has 0 radical (unpaired) electrons. The molecule has 2 unspecified atom stereocenters. The van der Waals surface area contributed by atoms with Gasteiger partial charge in [-0.15, -0.1) is 11.3 Å². The summed E-state index contributed by atoms with van der Waals surface area (Å²) in [5.41, 5.74) is -0.443. The monoisotopic (exact) mass is 402 g/mol. The topological polar surface area (TPSA) is 41.6 Å². The summed E-state index contributed by atoms with van der Waals surface area (Å²) in [6.07, 6.45) is 3.07. The number of nitrogens with one attached hydrogen (secondary N) is 1. The lowest BCUT2D eigenvalue weighted by Gasteiger charge is -2.37. The quantitative estimate of drug-likeness (QED) is 0.774. The molecule has 1 aliphatic heterocycles. The molecule has 1 N–H and O–H groups in total. The molecule has 1 amide bonds. The molecule has 1 aliphatic rings. The number of carbonyl (C=O) groups excluding carboxylic acids is 1. The van der Waals surface area contributed by atoms with Crippen LogP contribution in [0.15, 0.2) is 15.9 Å². The Morgan fingerprint density at radius 2 is 2.26 bits per heavy atom. The minimum absolute atomic E-state index is 0.186. The van der Waals surface area contributed by atoms with Gasteiger partial charge < -0.3 is 15.0 Å². The molecule has 1 aromatic heterocycles. The van der Waals surface area contributed by atoms with Crippen LogP contribution in [0, 0.1) is 0 Å². The Morgan fingerprint density at radius 1 is 1.52 bits per heavy atom. The zero-order chi connectivity index (χ0) is 17.0. The third-order valence-corrected chi connectivity index (χ3v) is 6.01. The van der Waals surface area contributed by atoms with Crippen molar-refractivity contribution in [3.05, 3.63) is 20.8 Å². The van der Waals surface area contributed by atoms with Crippen molar-refractivity contribution in [3.63, 3.8) is 0 Å². The smallest absolute Gasteiger partial charge is 0.410 e. The molecular weight excluding hydrogens is 376 g/mol. The van der Waals surface area contributed by atoms with Crippen LogP contribution in [0.25, 0.3) is 0 Å². The molecule has 2 atom stereocenters. The van der Waals surface area contributed by atoms with Gasteiger partial charge in [-0.25, -0.2) is 4.79 Å². The van der Waals surface area contributed by atoms with Crippen LogP contribution in [0.2, 0.25) is 0 Å². The number of rotatable bonds is 4. The molecule has 1 aromatic rings. The molecule has 130 valence electrons. The van der Waals surface area contributed by atoms with Gasteiger partial charge in [-0.3, -0.25) is 0 Å². The fourth-order valence-corrected chi connectivity index (χ4v) is 4.54. The molecule has 0 saturated carbocycles. The van der Waals surface area contributed by atoms with E-state index in [0.29, 0.717) is 0 Å². The third kappa shape index (κ3) is 5.47. The number of piperidine rings is 1. The van der Waals surface area contributed by atoms with Crippen molar-refractivity contribution >= 4 is 33.4 Å². The molecule has 0 spiro atoms. The summed E-state index contributed by atoms with van der Waals surface area (Å²) in [6.45, 7) is 9.50. The van der Waals surface area contributed by atoms with Crippen LogP contribution in [0.4, 0.5) is 4.79 Å². The van der Waals surface area contributed by atoms with Gasteiger partial charge in [0, 0.05) is 34.5 Å². The molecule has 1 fully saturated rings. The number of ether oxygens (including phenoxy) is 1. The Kier molecular flexibility index (Phi) is 6.51. The van der Waals surface area contributed by atoms with Crippen molar-refractivity contribution in [1.29, 1.82) is 0 Å². The largest absolute Gasteiger partial charge is 0.444 e. The van der Waals surface area contributed by atoms with Crippen LogP contribution in [0.5, 0.6) is 0 Å². The Hall–Kier alpha value is -0.590. The van der Waals surface area contributed by atoms with Gasteiger partial charge in [-0.05, 0) is 74.3 Å². The SMILES string of the molecule is CC(NCC1CCCCN1C(=O)OC(C)(C)C)c1sccc1Br. The van der Waals surface area contributed by atoms with Crippen molar-refractivity contribution in [2.45, 2.75) is 64.6 Å². The molecule has 0 aliphatic carbocycles. The number of amides is 1. The summed E-state index contributed by atoms with van der Waals surface area (Å²) in [4.78, 5) is 15.6. The lowest BCUT2D eigenvalue weighted by molar-refractivity contribution is 0.00971. The highest BCUT2D eigenvalue weighted by Crippen LogP contribution is 2.29. The number of hydrogen-bond donors (Lipinski definition) is 1. The van der Waals surface area contributed by atoms with Crippen LogP contribution < -0.4 is 5.32 Å². The average molecular weight is 403 g/mol. The lowest BCUT2D eigenvalue weighted by atomic mass is 10.0. The first-order valence-corrected chi connectivity index (χ1v) is 9.91. The number of nitrogens with zero attached hydrogens (tertiary/aromatic N) is 1. The molecule has 2 rings (SSSR count). The maximum atomic E-state index is 12.4. The standard InChI is InChI=1S/C17H27BrN2O2S/c1-12(15-14(18)8-10-23-15)19-11-13-7-5-6-9-20(13)16(21)22-17(2,3)4/h8,10,12-13,19H,5-7,9,11H2,1-4H3. The number of hydrogen-bond acceptors (Lipinski definition) is 4. The predicted octanol–water partition coefficient (Wildman–Crippen LogP) is 4.95. The molecule has 0 aromatic carbocycles. The second-order valence-electron chi connectivity index (χ2n) is 7.09. The van der Waals surface area contributed by atoms with Gasteiger partial charge in [0.25, 0.3) is 0 Å². The number of halogens is 1. The Bertz CT molecular complexity index is 527. The first kappa shape index (κ1) is 18.7. The van der Waals surface area contributed by atoms with Crippen LogP contribution in [0.3, 0.4) is 0 Å². The molecule has 2 heterocycles. The van der Waals surface area contributed by atoms with E-state index in [0.717, 1.165) is 30.4 Å². The minimum atomic E-state index is -0.443. The highest BCUT2D eigenvalue weighted by Gasteiger charge is 2.30. The molecule has 1 saturated heterocycles. The van der Waals surface area contributed by atoms with E-state index in [9.17, 15) is 4.79 Å². The summed E-state index contributed by atoms with van der Waals surface area (Å²) in [7, 11) is 0. The first-order valence-electron chi connectivity index (χ1n) is 8.24. The van der Waals surface area contributed by atoms with Gasteiger partial charge in [0.05, 0.1) is 0 Å². The van der Waals surface area contributed by atoms with E-state index in [4.69, 9.17) is 4.74 Å². The van der Waals surface area contributed by atoms with Gasteiger partial charge >= 0.3 is 6.09 Å². The van der Waals surface area contributed by atoms with Crippen molar-refractivity contribution in [1.82, 2.24) is 10.2 Å². The predicted molar refractivity (Wildman–Crippen MR) is 99.0 cm³/mol. The lowest BCUT2D eigenvalue weighted by Crippen LogP contribution is -2.50. The number of carbonyl (C=O) groups is 1. The van der Waals surface area contributed by atoms with Crippen molar-refractivity contribution in [3.8, 4) is 0 Å². The number of thiophene rings is 1. The van der Waals surface area contributed by atoms with Crippen LogP contribution in [0.1, 0.15) is 57.9 Å². The van der Waals surface area contributed by atoms with E-state index in [2.05, 4.69) is 39.6 Å². The van der Waals surface area contributed by atoms with Gasteiger partial charge in [0.1, 0.15) is 5.60 Å². The van der Waals surface area contributed by atoms with E-state index >= 15 is 0 Å². The fraction of sp³-hybridized carbons (Fsp3) is 0.706. The third-order valence-electron chi connectivity index (χ3n) is 3.95. The summed E-state index contributed by atoms with van der Waals surface area (Å²) in [5.74, 6) is 0. The minimum Gasteiger partial charge on any atom is -0.444 e. The fourth-order valence-electron chi connectivity index (χ4n) is 2.79. The van der Waals surface area contributed by atoms with Crippen molar-refractivity contribution < 1.29 is 9.53 Å². The van der Waals surface area contributed by atoms with Crippen LogP contribution in [-0.4, -0.2) is 35.7 Å². The Labute approximate surface area is 151 Å². The van der Waals surface area contributed by atoms with Crippen LogP contribution in [-0.2, 0) is 4.74 Å². The second kappa shape index (κ2) is 7.99. The molecule has 6 heteroatoms. The molecule has 0 bridgehead atoms. The van der Waals surface area contributed by atoms with E-state index in [1.54, 1.807) is 11.3 Å². The average Bonchev–Trinajstić information content (AvgIpc) is 2.89. The highest BCUT2D eigenvalue weighted by atomic mass is 79.9. The van der Waals surface area contributed by atoms with Crippen molar-refractivity contribution in [2.75, 3.05) is 13.1 Å². The van der Waals surface area contributed by atoms with Gasteiger partial charge in [0.2, 0.25) is 0 Å². The zero-order valence-corrected chi connectivity index (χ0v) is 16.8. The number of likely N-dealkylation sites (tertiary alicyclic amines) is 1. The van der Waals surface area contributed by atoms with E-state index in [1.165, 1.54) is 11.3 Å². The first-order chi connectivity index (χ1) is 10.8. The maximum absolute atomic E-state index is 12.4. The van der Waals surface area contributed by atoms with E-state index < -0.39 is 5.60 Å². The van der Waals surface area contributed by atoms with Crippen molar-refractivity contribution in [2.24, 2.45) is 0 Å². The summed E-state index contributed by atoms with van der Waals surface area (Å²) >= 11 is 5.33. The molecular formula is C17H27BrN2O2S. The highest BCUT2D eigenvalue weighted by molar-refractivity contribution is 9.10. The Morgan fingerprint density at radius 3 is 2.87 bits per heavy atom. The van der Waals surface area contributed by atoms with Gasteiger partial charge in [-0.1, -0.05) is 0 Å². The summed E-state index contributed by atoms with van der Waals surface area (Å²) in [6, 6.07) is 2.55. The van der Waals surface area contributed by atoms with Crippen LogP contribution >= 0.6 is 27.3 Å². The normalized spacial score (nSPS) is 20.4.